The van der Waals surface area contributed by atoms with Gasteiger partial charge in [0, 0.05) is 26.3 Å². The molecule has 0 aliphatic rings. The van der Waals surface area contributed by atoms with Gasteiger partial charge in [-0.15, -0.1) is 0 Å². The number of nitrogen functional groups attached to an aromatic ring is 1. The number of benzene rings is 2. The molecule has 0 fully saturated rings. The molecule has 0 saturated heterocycles. The zero-order valence-corrected chi connectivity index (χ0v) is 18.4. The Bertz CT molecular complexity index is 1040. The molecule has 1 amide bonds. The Morgan fingerprint density at radius 1 is 1.03 bits per heavy atom. The van der Waals surface area contributed by atoms with Gasteiger partial charge in [-0.25, -0.2) is 0 Å². The maximum Gasteiger partial charge on any atom is 0.255 e. The van der Waals surface area contributed by atoms with Crippen molar-refractivity contribution < 1.29 is 14.3 Å². The van der Waals surface area contributed by atoms with E-state index in [0.29, 0.717) is 30.8 Å². The molecule has 32 heavy (non-hydrogen) atoms. The molecule has 3 rings (SSSR count). The van der Waals surface area contributed by atoms with E-state index in [1.54, 1.807) is 37.2 Å². The number of amidine groups is 1. The zero-order valence-electron chi connectivity index (χ0n) is 18.4. The van der Waals surface area contributed by atoms with E-state index in [9.17, 15) is 4.79 Å². The molecule has 0 unspecified atom stereocenters. The monoisotopic (exact) mass is 435 g/mol. The predicted octanol–water partition coefficient (Wildman–Crippen LogP) is 2.48. The van der Waals surface area contributed by atoms with Gasteiger partial charge in [-0.1, -0.05) is 48.5 Å². The van der Waals surface area contributed by atoms with Crippen LogP contribution in [0.25, 0.3) is 0 Å². The molecule has 3 aromatic rings. The molecule has 1 aromatic heterocycles. The first kappa shape index (κ1) is 23.2. The Morgan fingerprint density at radius 3 is 2.31 bits per heavy atom. The van der Waals surface area contributed by atoms with Gasteiger partial charge >= 0.3 is 0 Å². The Morgan fingerprint density at radius 2 is 1.69 bits per heavy atom. The molecule has 0 atom stereocenters. The Kier molecular flexibility index (Phi) is 8.13. The second-order valence-electron chi connectivity index (χ2n) is 7.45. The van der Waals surface area contributed by atoms with Gasteiger partial charge in [-0.3, -0.25) is 14.9 Å². The van der Waals surface area contributed by atoms with E-state index < -0.39 is 0 Å². The normalized spacial score (nSPS) is 10.8. The number of amides is 1. The van der Waals surface area contributed by atoms with Crippen LogP contribution in [-0.2, 0) is 35.6 Å². The van der Waals surface area contributed by atoms with Crippen molar-refractivity contribution in [2.24, 2.45) is 5.73 Å². The van der Waals surface area contributed by atoms with Crippen LogP contribution in [0.1, 0.15) is 38.3 Å². The Labute approximate surface area is 187 Å². The van der Waals surface area contributed by atoms with Crippen molar-refractivity contribution in [3.63, 3.8) is 0 Å². The first-order chi connectivity index (χ1) is 15.5. The summed E-state index contributed by atoms with van der Waals surface area (Å²) in [6.07, 6.45) is 2.45. The molecule has 0 saturated carbocycles. The largest absolute Gasteiger partial charge is 0.384 e. The summed E-state index contributed by atoms with van der Waals surface area (Å²) in [4.78, 5) is 12.8. The number of nitrogens with two attached hydrogens (primary N) is 1. The zero-order chi connectivity index (χ0) is 22.9. The highest BCUT2D eigenvalue weighted by atomic mass is 16.5. The Balaban J connectivity index is 1.67. The van der Waals surface area contributed by atoms with E-state index >= 15 is 0 Å². The fourth-order valence-corrected chi connectivity index (χ4v) is 3.31. The van der Waals surface area contributed by atoms with Crippen molar-refractivity contribution in [3.8, 4) is 0 Å². The Hall–Kier alpha value is -3.49. The van der Waals surface area contributed by atoms with Crippen LogP contribution in [-0.4, -0.2) is 42.3 Å². The van der Waals surface area contributed by atoms with Crippen LogP contribution in [0.3, 0.4) is 0 Å². The van der Waals surface area contributed by atoms with Crippen LogP contribution in [0.5, 0.6) is 0 Å². The molecule has 8 heteroatoms. The van der Waals surface area contributed by atoms with E-state index in [1.165, 1.54) is 5.56 Å². The fourth-order valence-electron chi connectivity index (χ4n) is 3.31. The minimum atomic E-state index is -0.214. The third-order valence-electron chi connectivity index (χ3n) is 5.14. The summed E-state index contributed by atoms with van der Waals surface area (Å²) in [5.41, 5.74) is 10.6. The van der Waals surface area contributed by atoms with Gasteiger partial charge in [0.15, 0.2) is 0 Å². The third kappa shape index (κ3) is 6.03. The summed E-state index contributed by atoms with van der Waals surface area (Å²) < 4.78 is 12.2. The average molecular weight is 436 g/mol. The van der Waals surface area contributed by atoms with Crippen LogP contribution in [0.15, 0.2) is 54.7 Å². The highest BCUT2D eigenvalue weighted by molar-refractivity contribution is 5.95. The second kappa shape index (κ2) is 11.2. The summed E-state index contributed by atoms with van der Waals surface area (Å²) in [5, 5.41) is 14.8. The van der Waals surface area contributed by atoms with Gasteiger partial charge in [-0.05, 0) is 23.1 Å². The standard InChI is InChI=1S/C24H29N5O3/c1-31-12-11-17-3-5-19(6-4-17)15-29-22(16-32-2)21(14-28-29)24(30)27-13-18-7-9-20(10-8-18)23(25)26/h3-10,14H,11-13,15-16H2,1-2H3,(H3,25,26)(H,27,30). The molecule has 1 heterocycles. The maximum absolute atomic E-state index is 12.8. The van der Waals surface area contributed by atoms with Gasteiger partial charge in [0.2, 0.25) is 0 Å². The number of rotatable bonds is 11. The summed E-state index contributed by atoms with van der Waals surface area (Å²) in [6, 6.07) is 15.5. The topological polar surface area (TPSA) is 115 Å². The van der Waals surface area contributed by atoms with Crippen molar-refractivity contribution in [3.05, 3.63) is 88.2 Å². The van der Waals surface area contributed by atoms with Crippen molar-refractivity contribution >= 4 is 11.7 Å². The van der Waals surface area contributed by atoms with E-state index in [-0.39, 0.29) is 18.3 Å². The number of hydrogen-bond donors (Lipinski definition) is 3. The van der Waals surface area contributed by atoms with E-state index in [1.807, 2.05) is 12.1 Å². The second-order valence-corrected chi connectivity index (χ2v) is 7.45. The minimum Gasteiger partial charge on any atom is -0.384 e. The number of nitrogens with one attached hydrogen (secondary N) is 2. The molecule has 0 aliphatic heterocycles. The van der Waals surface area contributed by atoms with E-state index in [2.05, 4.69) is 34.7 Å². The molecule has 2 aromatic carbocycles. The van der Waals surface area contributed by atoms with Gasteiger partial charge in [-0.2, -0.15) is 5.10 Å². The van der Waals surface area contributed by atoms with E-state index in [4.69, 9.17) is 20.6 Å². The molecule has 0 radical (unpaired) electrons. The first-order valence-corrected chi connectivity index (χ1v) is 10.3. The maximum atomic E-state index is 12.8. The number of carbonyl (C=O) groups is 1. The van der Waals surface area contributed by atoms with Gasteiger partial charge in [0.25, 0.3) is 5.91 Å². The molecule has 0 aliphatic carbocycles. The highest BCUT2D eigenvalue weighted by Crippen LogP contribution is 2.14. The van der Waals surface area contributed by atoms with E-state index in [0.717, 1.165) is 23.2 Å². The molecule has 8 nitrogen and oxygen atoms in total. The lowest BCUT2D eigenvalue weighted by atomic mass is 10.1. The summed E-state index contributed by atoms with van der Waals surface area (Å²) in [5.74, 6) is -0.198. The number of methoxy groups -OCH3 is 2. The van der Waals surface area contributed by atoms with Crippen LogP contribution in [0.4, 0.5) is 0 Å². The molecule has 4 N–H and O–H groups in total. The van der Waals surface area contributed by atoms with Gasteiger partial charge < -0.3 is 20.5 Å². The van der Waals surface area contributed by atoms with Crippen LogP contribution in [0.2, 0.25) is 0 Å². The predicted molar refractivity (Wildman–Crippen MR) is 123 cm³/mol. The summed E-state index contributed by atoms with van der Waals surface area (Å²) >= 11 is 0. The number of hydrogen-bond acceptors (Lipinski definition) is 5. The SMILES string of the molecule is COCCc1ccc(Cn2ncc(C(=O)NCc3ccc(C(=N)N)cc3)c2COC)cc1. The lowest BCUT2D eigenvalue weighted by Crippen LogP contribution is -2.24. The van der Waals surface area contributed by atoms with Gasteiger partial charge in [0.1, 0.15) is 5.84 Å². The minimum absolute atomic E-state index is 0.0156. The fraction of sp³-hybridized carbons (Fsp3) is 0.292. The van der Waals surface area contributed by atoms with Crippen molar-refractivity contribution in [2.75, 3.05) is 20.8 Å². The summed E-state index contributed by atoms with van der Waals surface area (Å²) in [7, 11) is 3.29. The van der Waals surface area contributed by atoms with Crippen LogP contribution in [0, 0.1) is 5.41 Å². The van der Waals surface area contributed by atoms with Gasteiger partial charge in [0.05, 0.1) is 37.2 Å². The lowest BCUT2D eigenvalue weighted by Gasteiger charge is -2.11. The quantitative estimate of drug-likeness (QED) is 0.316. The van der Waals surface area contributed by atoms with Crippen LogP contribution < -0.4 is 11.1 Å². The number of nitrogens with zero attached hydrogens (tertiary/aromatic N) is 2. The van der Waals surface area contributed by atoms with Crippen molar-refractivity contribution in [1.82, 2.24) is 15.1 Å². The molecular formula is C24H29N5O3. The highest BCUT2D eigenvalue weighted by Gasteiger charge is 2.17. The number of aromatic nitrogens is 2. The lowest BCUT2D eigenvalue weighted by molar-refractivity contribution is 0.0945. The molecule has 0 spiro atoms. The number of ether oxygens (including phenoxy) is 2. The molecule has 168 valence electrons. The van der Waals surface area contributed by atoms with Crippen molar-refractivity contribution in [2.45, 2.75) is 26.1 Å². The van der Waals surface area contributed by atoms with Crippen molar-refractivity contribution in [1.29, 1.82) is 5.41 Å². The molecular weight excluding hydrogens is 406 g/mol. The first-order valence-electron chi connectivity index (χ1n) is 10.3. The third-order valence-corrected chi connectivity index (χ3v) is 5.14. The smallest absolute Gasteiger partial charge is 0.255 e. The summed E-state index contributed by atoms with van der Waals surface area (Å²) in [6.45, 7) is 1.87. The molecule has 0 bridgehead atoms. The number of carbonyl (C=O) groups excluding carboxylic acids is 1. The van der Waals surface area contributed by atoms with Crippen LogP contribution >= 0.6 is 0 Å². The average Bonchev–Trinajstić information content (AvgIpc) is 3.19.